The highest BCUT2D eigenvalue weighted by Crippen LogP contribution is 2.50. The summed E-state index contributed by atoms with van der Waals surface area (Å²) in [4.78, 5) is 2.40. The van der Waals surface area contributed by atoms with Crippen molar-refractivity contribution in [1.29, 1.82) is 0 Å². The molecule has 3 aliphatic rings. The Kier molecular flexibility index (Phi) is 8.75. The lowest BCUT2D eigenvalue weighted by Gasteiger charge is -2.29. The van der Waals surface area contributed by atoms with Crippen LogP contribution in [-0.4, -0.2) is 12.3 Å². The van der Waals surface area contributed by atoms with Crippen molar-refractivity contribution in [2.45, 2.75) is 89.4 Å². The summed E-state index contributed by atoms with van der Waals surface area (Å²) >= 11 is 0. The fourth-order valence-electron chi connectivity index (χ4n) is 8.56. The maximum absolute atomic E-state index is 14.2. The topological polar surface area (TPSA) is 6.25 Å². The normalized spacial score (nSPS) is 19.8. The van der Waals surface area contributed by atoms with Gasteiger partial charge in [-0.15, -0.1) is 0 Å². The van der Waals surface area contributed by atoms with Crippen LogP contribution in [-0.2, 0) is 23.2 Å². The van der Waals surface area contributed by atoms with E-state index in [1.54, 1.807) is 4.58 Å². The lowest BCUT2D eigenvalue weighted by Crippen LogP contribution is -2.29. The summed E-state index contributed by atoms with van der Waals surface area (Å²) in [7, 11) is 0. The Morgan fingerprint density at radius 2 is 1.39 bits per heavy atom. The van der Waals surface area contributed by atoms with Crippen LogP contribution < -0.4 is 9.48 Å². The van der Waals surface area contributed by atoms with Gasteiger partial charge >= 0.3 is 12.4 Å². The van der Waals surface area contributed by atoms with Gasteiger partial charge in [0.15, 0.2) is 5.71 Å². The molecule has 2 heterocycles. The first-order valence-electron chi connectivity index (χ1n) is 17.8. The summed E-state index contributed by atoms with van der Waals surface area (Å²) in [6.45, 7) is 9.22. The van der Waals surface area contributed by atoms with Crippen LogP contribution in [0.4, 0.5) is 43.4 Å². The van der Waals surface area contributed by atoms with E-state index >= 15 is 0 Å². The van der Waals surface area contributed by atoms with Gasteiger partial charge < -0.3 is 4.90 Å². The number of allylic oxidation sites excluding steroid dienone is 4. The van der Waals surface area contributed by atoms with E-state index in [9.17, 15) is 26.3 Å². The zero-order chi connectivity index (χ0) is 36.3. The molecule has 0 bridgehead atoms. The molecule has 266 valence electrons. The average Bonchev–Trinajstić information content (AvgIpc) is 3.45. The number of alkyl halides is 6. The molecule has 0 unspecified atom stereocenters. The van der Waals surface area contributed by atoms with E-state index in [1.165, 1.54) is 43.4 Å². The smallest absolute Gasteiger partial charge is 0.344 e. The van der Waals surface area contributed by atoms with Crippen molar-refractivity contribution >= 4 is 33.5 Å². The molecule has 4 aromatic carbocycles. The van der Waals surface area contributed by atoms with Crippen LogP contribution in [0.3, 0.4) is 0 Å². The molecule has 0 atom stereocenters. The minimum absolute atomic E-state index is 0.185. The Morgan fingerprint density at radius 1 is 0.745 bits per heavy atom. The van der Waals surface area contributed by atoms with Crippen molar-refractivity contribution in [3.63, 3.8) is 0 Å². The maximum atomic E-state index is 14.2. The first-order valence-corrected chi connectivity index (χ1v) is 17.8. The second-order valence-electron chi connectivity index (χ2n) is 15.3. The molecule has 8 heteroatoms. The van der Waals surface area contributed by atoms with E-state index in [0.717, 1.165) is 47.1 Å². The van der Waals surface area contributed by atoms with Crippen LogP contribution in [0.2, 0.25) is 0 Å². The van der Waals surface area contributed by atoms with Crippen molar-refractivity contribution in [3.8, 4) is 0 Å². The number of para-hydroxylation sites is 1. The second-order valence-corrected chi connectivity index (χ2v) is 15.3. The number of rotatable bonds is 6. The lowest BCUT2D eigenvalue weighted by atomic mass is 9.80. The van der Waals surface area contributed by atoms with E-state index in [0.29, 0.717) is 17.3 Å². The Bertz CT molecular complexity index is 2040. The number of hydrogen-bond acceptors (Lipinski definition) is 1. The molecule has 7 rings (SSSR count). The van der Waals surface area contributed by atoms with Gasteiger partial charge in [-0.3, -0.25) is 0 Å². The molecule has 0 saturated heterocycles. The average molecular weight is 702 g/mol. The minimum atomic E-state index is -4.97. The van der Waals surface area contributed by atoms with Crippen LogP contribution in [0.1, 0.15) is 88.5 Å². The van der Waals surface area contributed by atoms with Gasteiger partial charge in [0.1, 0.15) is 0 Å². The van der Waals surface area contributed by atoms with Gasteiger partial charge in [-0.2, -0.15) is 30.9 Å². The predicted octanol–water partition coefficient (Wildman–Crippen LogP) is 12.7. The molecule has 0 radical (unpaired) electrons. The summed E-state index contributed by atoms with van der Waals surface area (Å²) in [6.07, 6.45) is 3.36. The molecule has 0 amide bonds. The van der Waals surface area contributed by atoms with E-state index < -0.39 is 28.9 Å². The zero-order valence-electron chi connectivity index (χ0n) is 29.4. The van der Waals surface area contributed by atoms with Gasteiger partial charge in [0, 0.05) is 47.1 Å². The molecule has 51 heavy (non-hydrogen) atoms. The van der Waals surface area contributed by atoms with Crippen molar-refractivity contribution in [1.82, 2.24) is 4.58 Å². The van der Waals surface area contributed by atoms with Gasteiger partial charge in [-0.05, 0) is 61.4 Å². The SMILES string of the molecule is CC1(C)C(/C=C/C=C2/N(CCC3CCCCC3)c3ccccc3C2(C)C)=[N+](c2cc(C(F)(F)F)cc(C(F)(F)F)c2)c2c1ccc1ccccc21. The second kappa shape index (κ2) is 12.7. The van der Waals surface area contributed by atoms with Gasteiger partial charge in [0.05, 0.1) is 21.9 Å². The molecular formula is C43H43F6N2+. The number of benzene rings is 4. The largest absolute Gasteiger partial charge is 0.416 e. The third-order valence-electron chi connectivity index (χ3n) is 11.3. The highest BCUT2D eigenvalue weighted by atomic mass is 19.4. The van der Waals surface area contributed by atoms with E-state index in [-0.39, 0.29) is 17.2 Å². The molecule has 1 aliphatic carbocycles. The van der Waals surface area contributed by atoms with Crippen molar-refractivity contribution in [2.24, 2.45) is 5.92 Å². The van der Waals surface area contributed by atoms with E-state index in [2.05, 4.69) is 49.1 Å². The fourth-order valence-corrected chi connectivity index (χ4v) is 8.56. The molecular weight excluding hydrogens is 658 g/mol. The van der Waals surface area contributed by atoms with E-state index in [4.69, 9.17) is 0 Å². The first kappa shape index (κ1) is 35.1. The Balaban J connectivity index is 1.40. The Hall–Kier alpha value is -4.33. The molecule has 0 N–H and O–H groups in total. The van der Waals surface area contributed by atoms with Gasteiger partial charge in [0.25, 0.3) is 0 Å². The van der Waals surface area contributed by atoms with E-state index in [1.807, 2.05) is 62.4 Å². The van der Waals surface area contributed by atoms with Crippen molar-refractivity contribution < 1.29 is 26.3 Å². The molecule has 1 saturated carbocycles. The van der Waals surface area contributed by atoms with Gasteiger partial charge in [0.2, 0.25) is 11.4 Å². The third-order valence-corrected chi connectivity index (χ3v) is 11.3. The highest BCUT2D eigenvalue weighted by molar-refractivity contribution is 6.14. The molecule has 2 nitrogen and oxygen atoms in total. The predicted molar refractivity (Wildman–Crippen MR) is 195 cm³/mol. The molecule has 0 aromatic heterocycles. The summed E-state index contributed by atoms with van der Waals surface area (Å²) in [5, 5.41) is 1.59. The number of fused-ring (bicyclic) bond motifs is 4. The summed E-state index contributed by atoms with van der Waals surface area (Å²) < 4.78 is 86.7. The number of halogens is 6. The number of nitrogens with zero attached hydrogens (tertiary/aromatic N) is 2. The highest BCUT2D eigenvalue weighted by Gasteiger charge is 2.48. The molecule has 1 fully saturated rings. The maximum Gasteiger partial charge on any atom is 0.416 e. The first-order chi connectivity index (χ1) is 24.1. The molecule has 2 aliphatic heterocycles. The van der Waals surface area contributed by atoms with Crippen molar-refractivity contribution in [2.75, 3.05) is 11.4 Å². The molecule has 0 spiro atoms. The Labute approximate surface area is 295 Å². The quantitative estimate of drug-likeness (QED) is 0.143. The number of anilines is 1. The van der Waals surface area contributed by atoms with Crippen LogP contribution in [0.15, 0.2) is 103 Å². The molecule has 4 aromatic rings. The standard InChI is InChI=1S/C43H43F6N2/c1-40(2)34-17-10-11-18-36(34)50(24-23-28-13-6-5-7-14-28)37(40)19-12-20-38-41(3,4)35-22-21-29-15-8-9-16-33(29)39(35)51(38)32-26-30(42(44,45)46)25-31(27-32)43(47,48)49/h8-12,15-22,25-28H,5-7,13-14,23-24H2,1-4H3/q+1. The lowest BCUT2D eigenvalue weighted by molar-refractivity contribution is -0.143. The van der Waals surface area contributed by atoms with Crippen LogP contribution in [0, 0.1) is 5.92 Å². The number of hydrogen-bond donors (Lipinski definition) is 0. The van der Waals surface area contributed by atoms with Crippen LogP contribution in [0.25, 0.3) is 10.8 Å². The third kappa shape index (κ3) is 6.29. The zero-order valence-corrected chi connectivity index (χ0v) is 29.4. The summed E-state index contributed by atoms with van der Waals surface area (Å²) in [5.74, 6) is 0.692. The van der Waals surface area contributed by atoms with Gasteiger partial charge in [-0.1, -0.05) is 101 Å². The van der Waals surface area contributed by atoms with Crippen LogP contribution >= 0.6 is 0 Å². The van der Waals surface area contributed by atoms with Crippen LogP contribution in [0.5, 0.6) is 0 Å². The van der Waals surface area contributed by atoms with Gasteiger partial charge in [-0.25, -0.2) is 0 Å². The van der Waals surface area contributed by atoms with Crippen molar-refractivity contribution in [3.05, 3.63) is 125 Å². The summed E-state index contributed by atoms with van der Waals surface area (Å²) in [6, 6.07) is 21.6. The monoisotopic (exact) mass is 701 g/mol. The summed E-state index contributed by atoms with van der Waals surface area (Å²) in [5.41, 5.74) is 1.56. The minimum Gasteiger partial charge on any atom is -0.344 e. The fraction of sp³-hybridized carbons (Fsp3) is 0.372. The Morgan fingerprint density at radius 3 is 2.08 bits per heavy atom.